The van der Waals surface area contributed by atoms with Gasteiger partial charge >= 0.3 is 0 Å². The molecule has 0 heterocycles. The van der Waals surface area contributed by atoms with E-state index in [1.807, 2.05) is 0 Å². The maximum absolute atomic E-state index is 9.72. The van der Waals surface area contributed by atoms with Gasteiger partial charge in [0.15, 0.2) is 0 Å². The van der Waals surface area contributed by atoms with E-state index in [0.29, 0.717) is 6.42 Å². The van der Waals surface area contributed by atoms with Gasteiger partial charge in [-0.25, -0.2) is 0 Å². The van der Waals surface area contributed by atoms with Crippen molar-refractivity contribution < 1.29 is 27.4 Å². The van der Waals surface area contributed by atoms with Crippen LogP contribution in [0.25, 0.3) is 0 Å². The molecule has 72 valence electrons. The molecule has 0 spiro atoms. The Labute approximate surface area is 70.1 Å². The third kappa shape index (κ3) is 23.0. The Morgan fingerprint density at radius 2 is 1.67 bits per heavy atom. The molecule has 0 aromatic rings. The lowest BCUT2D eigenvalue weighted by Crippen LogP contribution is -2.23. The van der Waals surface area contributed by atoms with Crippen molar-refractivity contribution in [3.8, 4) is 0 Å². The van der Waals surface area contributed by atoms with Crippen LogP contribution in [0.4, 0.5) is 0 Å². The second-order valence-corrected chi connectivity index (χ2v) is 2.47. The summed E-state index contributed by atoms with van der Waals surface area (Å²) in [6.07, 6.45) is 0.461. The number of aliphatic carboxylic acids is 1. The second kappa shape index (κ2) is 5.70. The van der Waals surface area contributed by atoms with Gasteiger partial charge in [0.1, 0.15) is 0 Å². The zero-order valence-corrected chi connectivity index (χ0v) is 7.09. The number of hydrogen-bond donors (Lipinski definition) is 0. The Hall–Kier alpha value is -0.920. The molecule has 0 radical (unpaired) electrons. The summed E-state index contributed by atoms with van der Waals surface area (Å²) in [5.74, 6) is -1.15. The monoisotopic (exact) mass is 195 g/mol. The highest BCUT2D eigenvalue weighted by Crippen LogP contribution is 1.90. The molecular formula is C5H7O6S-3. The lowest BCUT2D eigenvalue weighted by atomic mass is 10.2. The van der Waals surface area contributed by atoms with Crippen LogP contribution in [-0.2, 0) is 15.2 Å². The van der Waals surface area contributed by atoms with Crippen molar-refractivity contribution in [2.24, 2.45) is 0 Å². The van der Waals surface area contributed by atoms with Crippen LogP contribution < -0.4 is 5.11 Å². The van der Waals surface area contributed by atoms with Gasteiger partial charge in [0.25, 0.3) is 0 Å². The van der Waals surface area contributed by atoms with Crippen LogP contribution >= 0.6 is 0 Å². The predicted molar refractivity (Wildman–Crippen MR) is 34.9 cm³/mol. The van der Waals surface area contributed by atoms with Crippen molar-refractivity contribution in [1.29, 1.82) is 0 Å². The van der Waals surface area contributed by atoms with Gasteiger partial charge in [0.05, 0.1) is 5.97 Å². The molecule has 0 N–H and O–H groups in total. The van der Waals surface area contributed by atoms with Crippen LogP contribution in [0, 0.1) is 0 Å². The average Bonchev–Trinajstić information content (AvgIpc) is 1.82. The van der Waals surface area contributed by atoms with E-state index < -0.39 is 16.4 Å². The van der Waals surface area contributed by atoms with E-state index in [4.69, 9.17) is 17.5 Å². The number of carboxylic acids is 1. The van der Waals surface area contributed by atoms with Crippen molar-refractivity contribution in [3.05, 3.63) is 12.2 Å². The Morgan fingerprint density at radius 3 is 1.67 bits per heavy atom. The minimum absolute atomic E-state index is 0.153. The maximum Gasteiger partial charge on any atom is 0.0668 e. The van der Waals surface area contributed by atoms with E-state index in [1.165, 1.54) is 0 Å². The number of carbonyl (C=O) groups is 1. The van der Waals surface area contributed by atoms with E-state index in [0.717, 1.165) is 0 Å². The maximum atomic E-state index is 9.72. The van der Waals surface area contributed by atoms with Crippen molar-refractivity contribution >= 4 is 16.4 Å². The quantitative estimate of drug-likeness (QED) is 0.296. The third-order valence-corrected chi connectivity index (χ3v) is 0.715. The van der Waals surface area contributed by atoms with Gasteiger partial charge in [0, 0.05) is 10.4 Å². The van der Waals surface area contributed by atoms with Crippen molar-refractivity contribution in [2.45, 2.75) is 13.3 Å². The molecular weight excluding hydrogens is 188 g/mol. The van der Waals surface area contributed by atoms with E-state index >= 15 is 0 Å². The fourth-order valence-electron chi connectivity index (χ4n) is 0.144. The molecule has 0 unspecified atom stereocenters. The van der Waals surface area contributed by atoms with E-state index in [2.05, 4.69) is 6.58 Å². The summed E-state index contributed by atoms with van der Waals surface area (Å²) in [5, 5.41) is 9.72. The number of carboxylic acid groups (broad SMARTS) is 1. The second-order valence-electron chi connectivity index (χ2n) is 1.65. The first kappa shape index (κ1) is 13.7. The lowest BCUT2D eigenvalue weighted by molar-refractivity contribution is -0.299. The van der Waals surface area contributed by atoms with Gasteiger partial charge in [-0.1, -0.05) is 13.5 Å². The molecule has 0 rings (SSSR count). The van der Waals surface area contributed by atoms with Gasteiger partial charge in [0.2, 0.25) is 0 Å². The fraction of sp³-hybridized carbons (Fsp3) is 0.400. The standard InChI is InChI=1S/C5H8O2.H2O4S/c1-3-4(2)5(6)7;1-5(2,3)4/h2-3H2,1H3,(H,6,7);(H2,1,2,3,4)/p-3. The number of rotatable bonds is 2. The molecule has 0 saturated carbocycles. The van der Waals surface area contributed by atoms with E-state index in [-0.39, 0.29) is 5.57 Å². The molecule has 0 aliphatic heterocycles. The summed E-state index contributed by atoms with van der Waals surface area (Å²) in [6, 6.07) is 0. The normalized spacial score (nSPS) is 9.58. The molecule has 0 fully saturated rings. The number of hydrogen-bond acceptors (Lipinski definition) is 6. The zero-order valence-electron chi connectivity index (χ0n) is 6.27. The highest BCUT2D eigenvalue weighted by atomic mass is 32.3. The minimum Gasteiger partial charge on any atom is -0.759 e. The third-order valence-electron chi connectivity index (χ3n) is 0.715. The Balaban J connectivity index is 0. The smallest absolute Gasteiger partial charge is 0.0668 e. The molecule has 0 aliphatic rings. The summed E-state index contributed by atoms with van der Waals surface area (Å²) in [4.78, 5) is 9.72. The van der Waals surface area contributed by atoms with Crippen molar-refractivity contribution in [3.63, 3.8) is 0 Å². The summed E-state index contributed by atoms with van der Waals surface area (Å²) < 4.78 is 34.1. The first-order chi connectivity index (χ1) is 5.18. The first-order valence-electron chi connectivity index (χ1n) is 2.74. The molecule has 0 aliphatic carbocycles. The molecule has 0 aromatic carbocycles. The highest BCUT2D eigenvalue weighted by Gasteiger charge is 1.84. The average molecular weight is 195 g/mol. The van der Waals surface area contributed by atoms with Gasteiger partial charge in [-0.3, -0.25) is 8.42 Å². The summed E-state index contributed by atoms with van der Waals surface area (Å²) in [7, 11) is -5.17. The van der Waals surface area contributed by atoms with Gasteiger partial charge in [-0.2, -0.15) is 0 Å². The molecule has 0 amide bonds. The largest absolute Gasteiger partial charge is 0.759 e. The lowest BCUT2D eigenvalue weighted by Gasteiger charge is -2.06. The molecule has 0 saturated heterocycles. The molecule has 0 bridgehead atoms. The van der Waals surface area contributed by atoms with E-state index in [9.17, 15) is 9.90 Å². The molecule has 12 heavy (non-hydrogen) atoms. The zero-order chi connectivity index (χ0) is 10.4. The predicted octanol–water partition coefficient (Wildman–Crippen LogP) is -1.64. The summed E-state index contributed by atoms with van der Waals surface area (Å²) in [5.41, 5.74) is 0.153. The van der Waals surface area contributed by atoms with Crippen molar-refractivity contribution in [2.75, 3.05) is 0 Å². The summed E-state index contributed by atoms with van der Waals surface area (Å²) >= 11 is 0. The van der Waals surface area contributed by atoms with Crippen LogP contribution in [0.3, 0.4) is 0 Å². The van der Waals surface area contributed by atoms with E-state index in [1.54, 1.807) is 6.92 Å². The van der Waals surface area contributed by atoms with Crippen LogP contribution in [0.15, 0.2) is 12.2 Å². The molecule has 0 atom stereocenters. The Kier molecular flexibility index (Phi) is 6.48. The van der Waals surface area contributed by atoms with Crippen LogP contribution in [0.1, 0.15) is 13.3 Å². The highest BCUT2D eigenvalue weighted by molar-refractivity contribution is 7.79. The van der Waals surface area contributed by atoms with Crippen LogP contribution in [-0.4, -0.2) is 23.5 Å². The van der Waals surface area contributed by atoms with Crippen molar-refractivity contribution in [1.82, 2.24) is 0 Å². The molecule has 6 nitrogen and oxygen atoms in total. The molecule has 7 heteroatoms. The topological polar surface area (TPSA) is 120 Å². The van der Waals surface area contributed by atoms with Gasteiger partial charge < -0.3 is 19.0 Å². The van der Waals surface area contributed by atoms with Gasteiger partial charge in [-0.15, -0.1) is 0 Å². The summed E-state index contributed by atoms with van der Waals surface area (Å²) in [6.45, 7) is 4.93. The Morgan fingerprint density at radius 1 is 1.42 bits per heavy atom. The fourth-order valence-corrected chi connectivity index (χ4v) is 0.144. The first-order valence-corrected chi connectivity index (χ1v) is 4.07. The van der Waals surface area contributed by atoms with Gasteiger partial charge in [-0.05, 0) is 12.0 Å². The molecule has 0 aromatic heterocycles. The number of carbonyl (C=O) groups excluding carboxylic acids is 1. The van der Waals surface area contributed by atoms with Crippen LogP contribution in [0.5, 0.6) is 0 Å². The van der Waals surface area contributed by atoms with Crippen LogP contribution in [0.2, 0.25) is 0 Å². The minimum atomic E-state index is -5.17. The SMILES string of the molecule is C=C(CC)C(=O)[O-].O=S(=O)([O-])[O-]. The Bertz CT molecular complexity index is 243.